The van der Waals surface area contributed by atoms with Gasteiger partial charge in [0.1, 0.15) is 5.75 Å². The zero-order valence-corrected chi connectivity index (χ0v) is 15.2. The summed E-state index contributed by atoms with van der Waals surface area (Å²) >= 11 is 12.6. The number of methoxy groups -OCH3 is 1. The molecule has 2 nitrogen and oxygen atoms in total. The van der Waals surface area contributed by atoms with E-state index in [1.54, 1.807) is 7.11 Å². The van der Waals surface area contributed by atoms with Gasteiger partial charge in [-0.05, 0) is 67.9 Å². The Morgan fingerprint density at radius 3 is 2.57 bits per heavy atom. The van der Waals surface area contributed by atoms with Gasteiger partial charge in [0.15, 0.2) is 0 Å². The normalized spacial score (nSPS) is 20.4. The first-order valence-electron chi connectivity index (χ1n) is 7.77. The molecule has 1 aliphatic rings. The van der Waals surface area contributed by atoms with Crippen molar-refractivity contribution in [2.45, 2.75) is 24.8 Å². The number of hydrogen-bond donors (Lipinski definition) is 0. The van der Waals surface area contributed by atoms with Gasteiger partial charge in [-0.3, -0.25) is 0 Å². The first-order valence-corrected chi connectivity index (χ1v) is 8.53. The number of fused-ring (bicyclic) bond motifs is 1. The van der Waals surface area contributed by atoms with Crippen molar-refractivity contribution in [3.05, 3.63) is 63.1 Å². The molecule has 0 bridgehead atoms. The third kappa shape index (κ3) is 3.35. The van der Waals surface area contributed by atoms with E-state index >= 15 is 0 Å². The van der Waals surface area contributed by atoms with Gasteiger partial charge in [-0.25, -0.2) is 0 Å². The van der Waals surface area contributed by atoms with E-state index in [0.717, 1.165) is 23.6 Å². The lowest BCUT2D eigenvalue weighted by Gasteiger charge is -2.36. The zero-order chi connectivity index (χ0) is 16.6. The number of ether oxygens (including phenoxy) is 1. The van der Waals surface area contributed by atoms with Crippen LogP contribution in [0.5, 0.6) is 5.75 Å². The van der Waals surface area contributed by atoms with Gasteiger partial charge in [0.05, 0.1) is 12.1 Å². The number of benzene rings is 2. The van der Waals surface area contributed by atoms with E-state index in [-0.39, 0.29) is 0 Å². The van der Waals surface area contributed by atoms with Crippen molar-refractivity contribution in [3.8, 4) is 5.75 Å². The van der Waals surface area contributed by atoms with E-state index in [9.17, 15) is 0 Å². The maximum Gasteiger partial charge on any atom is 0.137 e. The molecule has 1 aliphatic carbocycles. The van der Waals surface area contributed by atoms with Crippen LogP contribution < -0.4 is 4.74 Å². The average Bonchev–Trinajstić information content (AvgIpc) is 2.52. The molecule has 2 atom stereocenters. The summed E-state index contributed by atoms with van der Waals surface area (Å²) in [7, 11) is 5.93. The van der Waals surface area contributed by atoms with Crippen molar-refractivity contribution < 1.29 is 4.74 Å². The number of hydrogen-bond acceptors (Lipinski definition) is 2. The number of nitrogens with zero attached hydrogens (tertiary/aromatic N) is 1. The Labute approximate surface area is 148 Å². The molecule has 3 rings (SSSR count). The maximum absolute atomic E-state index is 6.35. The second-order valence-corrected chi connectivity index (χ2v) is 7.19. The minimum absolute atomic E-state index is 0.302. The molecule has 0 radical (unpaired) electrons. The highest BCUT2D eigenvalue weighted by molar-refractivity contribution is 6.32. The summed E-state index contributed by atoms with van der Waals surface area (Å²) in [6.07, 6.45) is 2.06. The number of rotatable bonds is 3. The Morgan fingerprint density at radius 1 is 1.13 bits per heavy atom. The zero-order valence-electron chi connectivity index (χ0n) is 13.6. The van der Waals surface area contributed by atoms with Gasteiger partial charge < -0.3 is 9.64 Å². The van der Waals surface area contributed by atoms with Crippen LogP contribution >= 0.6 is 23.2 Å². The standard InChI is InChI=1S/C19H21Cl2NO/c1-22(2)15-8-13-9-18(21)19(23-3)11-17(13)16(10-15)12-5-4-6-14(20)7-12/h4-7,9,11,15-16H,8,10H2,1-3H3/t15-,16+/m0/s1. The van der Waals surface area contributed by atoms with Crippen LogP contribution in [0.3, 0.4) is 0 Å². The molecule has 0 fully saturated rings. The van der Waals surface area contributed by atoms with Crippen LogP contribution in [0.1, 0.15) is 29.0 Å². The third-order valence-corrected chi connectivity index (χ3v) is 5.26. The average molecular weight is 350 g/mol. The summed E-state index contributed by atoms with van der Waals surface area (Å²) in [6, 6.07) is 12.8. The van der Waals surface area contributed by atoms with Crippen molar-refractivity contribution in [3.63, 3.8) is 0 Å². The lowest BCUT2D eigenvalue weighted by molar-refractivity contribution is 0.258. The highest BCUT2D eigenvalue weighted by atomic mass is 35.5. The lowest BCUT2D eigenvalue weighted by Crippen LogP contribution is -2.35. The van der Waals surface area contributed by atoms with Crippen LogP contribution in [0.2, 0.25) is 10.0 Å². The molecule has 122 valence electrons. The Kier molecular flexibility index (Phi) is 4.86. The van der Waals surface area contributed by atoms with E-state index in [4.69, 9.17) is 27.9 Å². The van der Waals surface area contributed by atoms with Gasteiger partial charge >= 0.3 is 0 Å². The van der Waals surface area contributed by atoms with Gasteiger partial charge in [0, 0.05) is 17.0 Å². The quantitative estimate of drug-likeness (QED) is 0.772. The Morgan fingerprint density at radius 2 is 1.91 bits per heavy atom. The largest absolute Gasteiger partial charge is 0.495 e. The summed E-state index contributed by atoms with van der Waals surface area (Å²) < 4.78 is 5.42. The van der Waals surface area contributed by atoms with Crippen molar-refractivity contribution >= 4 is 23.2 Å². The fourth-order valence-electron chi connectivity index (χ4n) is 3.44. The molecule has 0 aliphatic heterocycles. The fraction of sp³-hybridized carbons (Fsp3) is 0.368. The SMILES string of the molecule is COc1cc2c(cc1Cl)C[C@H](N(C)C)C[C@@H]2c1cccc(Cl)c1. The minimum atomic E-state index is 0.302. The van der Waals surface area contributed by atoms with E-state index in [1.165, 1.54) is 16.7 Å². The molecule has 0 unspecified atom stereocenters. The monoisotopic (exact) mass is 349 g/mol. The van der Waals surface area contributed by atoms with E-state index in [2.05, 4.69) is 43.3 Å². The van der Waals surface area contributed by atoms with E-state index in [1.807, 2.05) is 12.1 Å². The van der Waals surface area contributed by atoms with Gasteiger partial charge in [-0.2, -0.15) is 0 Å². The van der Waals surface area contributed by atoms with Crippen LogP contribution in [-0.4, -0.2) is 32.1 Å². The highest BCUT2D eigenvalue weighted by Gasteiger charge is 2.30. The van der Waals surface area contributed by atoms with Crippen LogP contribution in [-0.2, 0) is 6.42 Å². The second kappa shape index (κ2) is 6.72. The van der Waals surface area contributed by atoms with Crippen molar-refractivity contribution in [1.29, 1.82) is 0 Å². The van der Waals surface area contributed by atoms with Crippen LogP contribution in [0, 0.1) is 0 Å². The molecule has 4 heteroatoms. The first kappa shape index (κ1) is 16.6. The molecule has 2 aromatic rings. The third-order valence-electron chi connectivity index (χ3n) is 4.73. The number of likely N-dealkylation sites (N-methyl/N-ethyl adjacent to an activating group) is 1. The lowest BCUT2D eigenvalue weighted by atomic mass is 9.76. The van der Waals surface area contributed by atoms with Crippen LogP contribution in [0.4, 0.5) is 0 Å². The topological polar surface area (TPSA) is 12.5 Å². The maximum atomic E-state index is 6.35. The molecule has 0 aromatic heterocycles. The molecule has 23 heavy (non-hydrogen) atoms. The predicted octanol–water partition coefficient (Wildman–Crippen LogP) is 5.01. The van der Waals surface area contributed by atoms with Crippen molar-refractivity contribution in [2.75, 3.05) is 21.2 Å². The summed E-state index contributed by atoms with van der Waals surface area (Å²) in [5.41, 5.74) is 3.84. The molecule has 0 saturated carbocycles. The van der Waals surface area contributed by atoms with E-state index in [0.29, 0.717) is 17.0 Å². The van der Waals surface area contributed by atoms with Crippen LogP contribution in [0.15, 0.2) is 36.4 Å². The second-order valence-electron chi connectivity index (χ2n) is 6.35. The Hall–Kier alpha value is -1.22. The Bertz CT molecular complexity index is 715. The molecule has 0 spiro atoms. The fourth-order valence-corrected chi connectivity index (χ4v) is 3.90. The molecule has 0 saturated heterocycles. The molecular weight excluding hydrogens is 329 g/mol. The molecule has 0 amide bonds. The smallest absolute Gasteiger partial charge is 0.137 e. The van der Waals surface area contributed by atoms with Crippen LogP contribution in [0.25, 0.3) is 0 Å². The van der Waals surface area contributed by atoms with Gasteiger partial charge in [0.25, 0.3) is 0 Å². The van der Waals surface area contributed by atoms with Crippen molar-refractivity contribution in [1.82, 2.24) is 4.90 Å². The summed E-state index contributed by atoms with van der Waals surface area (Å²) in [5.74, 6) is 1.04. The Balaban J connectivity index is 2.12. The minimum Gasteiger partial charge on any atom is -0.495 e. The highest BCUT2D eigenvalue weighted by Crippen LogP contribution is 2.42. The van der Waals surface area contributed by atoms with Crippen molar-refractivity contribution in [2.24, 2.45) is 0 Å². The molecule has 0 N–H and O–H groups in total. The summed E-state index contributed by atoms with van der Waals surface area (Å²) in [4.78, 5) is 2.29. The van der Waals surface area contributed by atoms with Gasteiger partial charge in [-0.1, -0.05) is 35.3 Å². The van der Waals surface area contributed by atoms with Gasteiger partial charge in [-0.15, -0.1) is 0 Å². The molecular formula is C19H21Cl2NO. The van der Waals surface area contributed by atoms with Gasteiger partial charge in [0.2, 0.25) is 0 Å². The predicted molar refractivity (Wildman–Crippen MR) is 97.1 cm³/mol. The summed E-state index contributed by atoms with van der Waals surface area (Å²) in [6.45, 7) is 0. The molecule has 2 aromatic carbocycles. The number of halogens is 2. The molecule has 0 heterocycles. The van der Waals surface area contributed by atoms with E-state index < -0.39 is 0 Å². The summed E-state index contributed by atoms with van der Waals surface area (Å²) in [5, 5.41) is 1.45. The first-order chi connectivity index (χ1) is 11.0.